The highest BCUT2D eigenvalue weighted by Gasteiger charge is 2.23. The molecule has 0 aliphatic carbocycles. The van der Waals surface area contributed by atoms with Crippen LogP contribution in [-0.2, 0) is 9.53 Å². The number of carbonyl (C=O) groups excluding carboxylic acids is 2. The number of rotatable bonds is 7. The number of ether oxygens (including phenoxy) is 1. The molecule has 2 aliphatic rings. The summed E-state index contributed by atoms with van der Waals surface area (Å²) >= 11 is 0. The molecule has 2 fully saturated rings. The van der Waals surface area contributed by atoms with E-state index in [2.05, 4.69) is 22.5 Å². The second kappa shape index (κ2) is 9.92. The van der Waals surface area contributed by atoms with E-state index < -0.39 is 0 Å². The Bertz CT molecular complexity index is 678. The third-order valence-electron chi connectivity index (χ3n) is 5.64. The summed E-state index contributed by atoms with van der Waals surface area (Å²) in [5, 5.41) is 5.94. The smallest absolute Gasteiger partial charge is 0.253 e. The van der Waals surface area contributed by atoms with Gasteiger partial charge in [-0.05, 0) is 56.2 Å². The zero-order valence-corrected chi connectivity index (χ0v) is 17.1. The summed E-state index contributed by atoms with van der Waals surface area (Å²) in [6.45, 7) is 7.46. The Morgan fingerprint density at radius 1 is 1.21 bits per heavy atom. The summed E-state index contributed by atoms with van der Waals surface area (Å²) in [6.07, 6.45) is 5.69. The van der Waals surface area contributed by atoms with Crippen molar-refractivity contribution in [1.82, 2.24) is 5.32 Å². The third kappa shape index (κ3) is 5.47. The lowest BCUT2D eigenvalue weighted by Crippen LogP contribution is -2.36. The first-order valence-electron chi connectivity index (χ1n) is 10.7. The van der Waals surface area contributed by atoms with Crippen molar-refractivity contribution in [1.29, 1.82) is 0 Å². The van der Waals surface area contributed by atoms with Gasteiger partial charge in [-0.1, -0.05) is 13.8 Å². The summed E-state index contributed by atoms with van der Waals surface area (Å²) in [7, 11) is 0. The molecule has 0 radical (unpaired) electrons. The van der Waals surface area contributed by atoms with Gasteiger partial charge in [-0.15, -0.1) is 0 Å². The molecule has 2 N–H and O–H groups in total. The topological polar surface area (TPSA) is 70.7 Å². The van der Waals surface area contributed by atoms with Gasteiger partial charge in [0.25, 0.3) is 5.91 Å². The maximum absolute atomic E-state index is 13.0. The van der Waals surface area contributed by atoms with Gasteiger partial charge in [0, 0.05) is 44.0 Å². The molecule has 2 amide bonds. The van der Waals surface area contributed by atoms with Crippen molar-refractivity contribution in [3.05, 3.63) is 23.8 Å². The number of hydrogen-bond acceptors (Lipinski definition) is 4. The number of amides is 2. The monoisotopic (exact) mass is 387 g/mol. The van der Waals surface area contributed by atoms with Crippen LogP contribution in [0.3, 0.4) is 0 Å². The van der Waals surface area contributed by atoms with E-state index in [0.29, 0.717) is 24.2 Å². The Hall–Kier alpha value is -2.08. The zero-order valence-electron chi connectivity index (χ0n) is 17.1. The lowest BCUT2D eigenvalue weighted by atomic mass is 9.97. The normalized spacial score (nSPS) is 20.2. The summed E-state index contributed by atoms with van der Waals surface area (Å²) < 4.78 is 5.62. The molecule has 1 aromatic carbocycles. The predicted molar refractivity (Wildman–Crippen MR) is 112 cm³/mol. The van der Waals surface area contributed by atoms with E-state index in [-0.39, 0.29) is 17.9 Å². The van der Waals surface area contributed by atoms with Gasteiger partial charge in [0.15, 0.2) is 0 Å². The Morgan fingerprint density at radius 3 is 2.68 bits per heavy atom. The second-order valence-electron chi connectivity index (χ2n) is 8.04. The van der Waals surface area contributed by atoms with E-state index in [1.165, 1.54) is 0 Å². The highest BCUT2D eigenvalue weighted by molar-refractivity contribution is 6.02. The molecule has 0 aromatic heterocycles. The van der Waals surface area contributed by atoms with Gasteiger partial charge in [-0.3, -0.25) is 9.59 Å². The molecule has 1 aromatic rings. The van der Waals surface area contributed by atoms with Gasteiger partial charge < -0.3 is 20.3 Å². The number of anilines is 2. The summed E-state index contributed by atoms with van der Waals surface area (Å²) in [5.74, 6) is 0.601. The largest absolute Gasteiger partial charge is 0.376 e. The Morgan fingerprint density at radius 2 is 2.00 bits per heavy atom. The zero-order chi connectivity index (χ0) is 19.9. The molecular formula is C22H33N3O3. The van der Waals surface area contributed by atoms with Crippen molar-refractivity contribution >= 4 is 23.2 Å². The number of carbonyl (C=O) groups is 2. The molecule has 2 saturated heterocycles. The molecule has 154 valence electrons. The van der Waals surface area contributed by atoms with Crippen LogP contribution in [0.1, 0.15) is 62.7 Å². The number of nitrogens with zero attached hydrogens (tertiary/aromatic N) is 1. The number of hydrogen-bond donors (Lipinski definition) is 2. The van der Waals surface area contributed by atoms with Gasteiger partial charge >= 0.3 is 0 Å². The minimum absolute atomic E-state index is 0.0206. The standard InChI is InChI=1S/C22H33N3O3/c1-3-5-21(26)24-17-7-8-20(25-11-9-16(2)10-12-25)19(14-17)22(27)23-15-18-6-4-13-28-18/h7-8,14,16,18H,3-6,9-13,15H2,1-2H3,(H,23,27)(H,24,26). The van der Waals surface area contributed by atoms with Crippen LogP contribution in [0.15, 0.2) is 18.2 Å². The number of benzene rings is 1. The first-order valence-corrected chi connectivity index (χ1v) is 10.7. The molecule has 1 atom stereocenters. The molecule has 3 rings (SSSR count). The highest BCUT2D eigenvalue weighted by atomic mass is 16.5. The van der Waals surface area contributed by atoms with Gasteiger partial charge in [0.05, 0.1) is 11.7 Å². The maximum Gasteiger partial charge on any atom is 0.253 e. The Kier molecular flexibility index (Phi) is 7.31. The van der Waals surface area contributed by atoms with Crippen LogP contribution in [0.4, 0.5) is 11.4 Å². The van der Waals surface area contributed by atoms with Crippen molar-refractivity contribution in [2.75, 3.05) is 36.5 Å². The first kappa shape index (κ1) is 20.6. The molecule has 1 unspecified atom stereocenters. The maximum atomic E-state index is 13.0. The van der Waals surface area contributed by atoms with Crippen LogP contribution in [0, 0.1) is 5.92 Å². The van der Waals surface area contributed by atoms with E-state index in [0.717, 1.165) is 63.4 Å². The number of piperidine rings is 1. The molecule has 6 nitrogen and oxygen atoms in total. The van der Waals surface area contributed by atoms with Crippen LogP contribution < -0.4 is 15.5 Å². The van der Waals surface area contributed by atoms with Crippen molar-refractivity contribution in [2.24, 2.45) is 5.92 Å². The van der Waals surface area contributed by atoms with E-state index in [4.69, 9.17) is 4.74 Å². The van der Waals surface area contributed by atoms with Crippen molar-refractivity contribution in [3.63, 3.8) is 0 Å². The fraction of sp³-hybridized carbons (Fsp3) is 0.636. The third-order valence-corrected chi connectivity index (χ3v) is 5.64. The molecule has 6 heteroatoms. The van der Waals surface area contributed by atoms with Crippen LogP contribution in [0.25, 0.3) is 0 Å². The molecule has 28 heavy (non-hydrogen) atoms. The summed E-state index contributed by atoms with van der Waals surface area (Å²) in [4.78, 5) is 27.3. The van der Waals surface area contributed by atoms with Gasteiger partial charge in [-0.25, -0.2) is 0 Å². The molecule has 2 heterocycles. The fourth-order valence-corrected chi connectivity index (χ4v) is 3.88. The fourth-order valence-electron chi connectivity index (χ4n) is 3.88. The first-order chi connectivity index (χ1) is 13.6. The summed E-state index contributed by atoms with van der Waals surface area (Å²) in [5.41, 5.74) is 2.25. The Labute approximate surface area is 168 Å². The lowest BCUT2D eigenvalue weighted by Gasteiger charge is -2.33. The van der Waals surface area contributed by atoms with Crippen LogP contribution in [-0.4, -0.2) is 44.2 Å². The van der Waals surface area contributed by atoms with Crippen LogP contribution >= 0.6 is 0 Å². The lowest BCUT2D eigenvalue weighted by molar-refractivity contribution is -0.116. The average Bonchev–Trinajstić information content (AvgIpc) is 3.21. The quantitative estimate of drug-likeness (QED) is 0.750. The van der Waals surface area contributed by atoms with Crippen LogP contribution in [0.5, 0.6) is 0 Å². The molecule has 0 bridgehead atoms. The SMILES string of the molecule is CCCC(=O)Nc1ccc(N2CCC(C)CC2)c(C(=O)NCC2CCCO2)c1. The molecule has 0 saturated carbocycles. The summed E-state index contributed by atoms with van der Waals surface area (Å²) in [6, 6.07) is 5.68. The molecular weight excluding hydrogens is 354 g/mol. The van der Waals surface area contributed by atoms with E-state index >= 15 is 0 Å². The van der Waals surface area contributed by atoms with Gasteiger partial charge in [-0.2, -0.15) is 0 Å². The average molecular weight is 388 g/mol. The van der Waals surface area contributed by atoms with Crippen molar-refractivity contribution < 1.29 is 14.3 Å². The van der Waals surface area contributed by atoms with Crippen LogP contribution in [0.2, 0.25) is 0 Å². The van der Waals surface area contributed by atoms with Crippen molar-refractivity contribution in [2.45, 2.75) is 58.5 Å². The number of nitrogens with one attached hydrogen (secondary N) is 2. The van der Waals surface area contributed by atoms with Gasteiger partial charge in [0.2, 0.25) is 5.91 Å². The van der Waals surface area contributed by atoms with E-state index in [9.17, 15) is 9.59 Å². The minimum atomic E-state index is -0.101. The van der Waals surface area contributed by atoms with Gasteiger partial charge in [0.1, 0.15) is 0 Å². The Balaban J connectivity index is 1.76. The van der Waals surface area contributed by atoms with Crippen molar-refractivity contribution in [3.8, 4) is 0 Å². The van der Waals surface area contributed by atoms with E-state index in [1.807, 2.05) is 25.1 Å². The predicted octanol–water partition coefficient (Wildman–Crippen LogP) is 3.57. The minimum Gasteiger partial charge on any atom is -0.376 e. The highest BCUT2D eigenvalue weighted by Crippen LogP contribution is 2.29. The second-order valence-corrected chi connectivity index (χ2v) is 8.04. The van der Waals surface area contributed by atoms with E-state index in [1.54, 1.807) is 0 Å². The molecule has 0 spiro atoms. The molecule has 2 aliphatic heterocycles.